The first-order valence-electron chi connectivity index (χ1n) is 21.7. The third-order valence-electron chi connectivity index (χ3n) is 14.3. The third kappa shape index (κ3) is 11.8. The fourth-order valence-corrected chi connectivity index (χ4v) is 10.5. The Morgan fingerprint density at radius 1 is 0.750 bits per heavy atom. The van der Waals surface area contributed by atoms with Crippen LogP contribution in [0.2, 0.25) is 0 Å². The van der Waals surface area contributed by atoms with Crippen LogP contribution < -0.4 is 0 Å². The third-order valence-corrected chi connectivity index (χ3v) is 14.3. The van der Waals surface area contributed by atoms with Gasteiger partial charge in [0, 0.05) is 101 Å². The molecule has 18 heteroatoms. The molecule has 3 heterocycles. The van der Waals surface area contributed by atoms with Crippen LogP contribution in [0, 0.1) is 56.7 Å². The molecule has 0 aromatic rings. The summed E-state index contributed by atoms with van der Waals surface area (Å²) in [6.45, 7) is 15.8. The number of hydrogen-bond donors (Lipinski definition) is 8. The molecule has 3 aliphatic heterocycles. The van der Waals surface area contributed by atoms with Gasteiger partial charge in [0.1, 0.15) is 0 Å². The summed E-state index contributed by atoms with van der Waals surface area (Å²) in [4.78, 5) is 100. The Labute approximate surface area is 373 Å². The number of carboxylic acid groups (broad SMARTS) is 7. The largest absolute Gasteiger partial charge is 0.481 e. The van der Waals surface area contributed by atoms with Gasteiger partial charge in [-0.15, -0.1) is 0 Å². The molecule has 0 saturated carbocycles. The molecular formula is C46H66N4O14. The van der Waals surface area contributed by atoms with Gasteiger partial charge in [-0.05, 0) is 54.1 Å². The van der Waals surface area contributed by atoms with Crippen molar-refractivity contribution in [2.24, 2.45) is 66.2 Å². The van der Waals surface area contributed by atoms with Gasteiger partial charge in [0.15, 0.2) is 0 Å². The Morgan fingerprint density at radius 3 is 1.78 bits per heavy atom. The number of aliphatic carboxylic acids is 7. The molecule has 0 saturated heterocycles. The molecular weight excluding hydrogens is 833 g/mol. The van der Waals surface area contributed by atoms with E-state index in [0.29, 0.717) is 34.0 Å². The quantitative estimate of drug-likeness (QED) is 0.0374. The van der Waals surface area contributed by atoms with Gasteiger partial charge >= 0.3 is 41.8 Å². The zero-order valence-electron chi connectivity index (χ0n) is 38.4. The number of carbonyl (C=O) groups is 7. The molecule has 0 aromatic carbocycles. The van der Waals surface area contributed by atoms with Crippen LogP contribution in [-0.2, 0) is 33.6 Å². The van der Waals surface area contributed by atoms with E-state index in [0.717, 1.165) is 0 Å². The molecule has 0 spiro atoms. The van der Waals surface area contributed by atoms with E-state index in [1.165, 1.54) is 6.21 Å². The van der Waals surface area contributed by atoms with Gasteiger partial charge in [-0.3, -0.25) is 48.5 Å². The summed E-state index contributed by atoms with van der Waals surface area (Å²) >= 11 is 0. The van der Waals surface area contributed by atoms with Crippen LogP contribution in [0.3, 0.4) is 0 Å². The summed E-state index contributed by atoms with van der Waals surface area (Å²) in [5.41, 5.74) is -1.61. The molecule has 8 atom stereocenters. The van der Waals surface area contributed by atoms with E-state index in [-0.39, 0.29) is 63.5 Å². The first-order valence-corrected chi connectivity index (χ1v) is 21.7. The molecule has 0 amide bonds. The van der Waals surface area contributed by atoms with Crippen LogP contribution in [0.4, 0.5) is 0 Å². The average molecular weight is 899 g/mol. The summed E-state index contributed by atoms with van der Waals surface area (Å²) in [5, 5.41) is 78.8. The number of hydrogen-bond acceptors (Lipinski definition) is 11. The Balaban J connectivity index is 2.39. The molecule has 64 heavy (non-hydrogen) atoms. The van der Waals surface area contributed by atoms with Crippen LogP contribution in [0.15, 0.2) is 37.5 Å². The van der Waals surface area contributed by atoms with Crippen molar-refractivity contribution < 1.29 is 69.3 Å². The molecule has 3 aliphatic rings. The van der Waals surface area contributed by atoms with Gasteiger partial charge < -0.3 is 41.2 Å². The average Bonchev–Trinajstić information content (AvgIpc) is 3.71. The van der Waals surface area contributed by atoms with Gasteiger partial charge in [-0.25, -0.2) is 0 Å². The maximum Gasteiger partial charge on any atom is 0.304 e. The van der Waals surface area contributed by atoms with Crippen molar-refractivity contribution in [1.82, 2.24) is 0 Å². The van der Waals surface area contributed by atoms with Crippen LogP contribution in [0.5, 0.6) is 0 Å². The number of aliphatic imine (C=N–C) groups is 3. The summed E-state index contributed by atoms with van der Waals surface area (Å²) in [5.74, 6) is -11.8. The minimum Gasteiger partial charge on any atom is -0.481 e. The van der Waals surface area contributed by atoms with Crippen LogP contribution in [0.1, 0.15) is 139 Å². The van der Waals surface area contributed by atoms with Crippen molar-refractivity contribution in [3.8, 4) is 0 Å². The predicted molar refractivity (Wildman–Crippen MR) is 236 cm³/mol. The maximum atomic E-state index is 12.8. The number of nitrogens with one attached hydrogen (secondary N) is 1. The molecule has 0 aliphatic carbocycles. The second-order valence-electron chi connectivity index (χ2n) is 19.4. The van der Waals surface area contributed by atoms with Crippen LogP contribution >= 0.6 is 0 Å². The summed E-state index contributed by atoms with van der Waals surface area (Å²) < 4.78 is 0. The first kappa shape index (κ1) is 52.8. The van der Waals surface area contributed by atoms with Gasteiger partial charge in [0.25, 0.3) is 0 Å². The lowest BCUT2D eigenvalue weighted by Crippen LogP contribution is -2.48. The van der Waals surface area contributed by atoms with Crippen molar-refractivity contribution in [2.45, 2.75) is 145 Å². The standard InChI is InChI=1S/C46H66N4O14/c1-23(2)39(47)27(11-14-33(53)54)46(9,21-38(63)64)25(4)41-29(18-36(59)60)45(8,17-16-35(57)58)42(50-41)24(3)40-28(12-15-34(55)56)43(5,6)31(49-40)19-30-26(10-13-32(51)52)44(7,22-48-30)20-37(61)62/h22-25,27,29,41,47H,10-21H2,1-9H3,(H,51,52)(H,53,54)(H,55,56)(H,57,58)(H,59,60)(H,61,62)(H,63,64). The lowest BCUT2D eigenvalue weighted by Gasteiger charge is -2.46. The fraction of sp³-hybridized carbons (Fsp3) is 0.674. The monoisotopic (exact) mass is 898 g/mol. The SMILES string of the molecule is CC(C)C(=N)C(CCC(=O)O)C(C)(CC(=O)O)C(C)C1N=C(C(C)C2=C(CCC(=O)O)C(C)(C)C(CC3=C(CCC(=O)O)C(C)(CC(=O)O)C=N3)=N2)C(C)(CCC(=O)O)C1CC(=O)O. The van der Waals surface area contributed by atoms with Crippen molar-refractivity contribution in [1.29, 1.82) is 5.41 Å². The maximum absolute atomic E-state index is 12.8. The molecule has 8 unspecified atom stereocenters. The number of carboxylic acids is 7. The second-order valence-corrected chi connectivity index (χ2v) is 19.4. The van der Waals surface area contributed by atoms with E-state index < -0.39 is 118 Å². The highest BCUT2D eigenvalue weighted by molar-refractivity contribution is 6.02. The lowest BCUT2D eigenvalue weighted by molar-refractivity contribution is -0.143. The summed E-state index contributed by atoms with van der Waals surface area (Å²) in [6, 6.07) is -0.966. The molecule has 0 fully saturated rings. The highest BCUT2D eigenvalue weighted by atomic mass is 16.4. The number of nitrogens with zero attached hydrogens (tertiary/aromatic N) is 3. The van der Waals surface area contributed by atoms with E-state index in [1.807, 2.05) is 13.8 Å². The fourth-order valence-electron chi connectivity index (χ4n) is 10.5. The van der Waals surface area contributed by atoms with Crippen molar-refractivity contribution in [2.75, 3.05) is 0 Å². The van der Waals surface area contributed by atoms with Gasteiger partial charge in [-0.2, -0.15) is 0 Å². The molecule has 18 nitrogen and oxygen atoms in total. The Bertz CT molecular complexity index is 2080. The zero-order valence-corrected chi connectivity index (χ0v) is 38.4. The molecule has 8 N–H and O–H groups in total. The minimum atomic E-state index is -1.35. The highest BCUT2D eigenvalue weighted by Gasteiger charge is 2.57. The van der Waals surface area contributed by atoms with E-state index >= 15 is 0 Å². The molecule has 354 valence electrons. The van der Waals surface area contributed by atoms with E-state index in [9.17, 15) is 69.3 Å². The minimum absolute atomic E-state index is 0.0165. The normalized spacial score (nSPS) is 25.1. The van der Waals surface area contributed by atoms with E-state index in [4.69, 9.17) is 15.4 Å². The first-order chi connectivity index (χ1) is 29.4. The topological polar surface area (TPSA) is 322 Å². The van der Waals surface area contributed by atoms with Crippen molar-refractivity contribution in [3.63, 3.8) is 0 Å². The number of allylic oxidation sites excluding steroid dienone is 4. The molecule has 3 rings (SSSR count). The lowest BCUT2D eigenvalue weighted by atomic mass is 9.56. The highest BCUT2D eigenvalue weighted by Crippen LogP contribution is 2.56. The van der Waals surface area contributed by atoms with Gasteiger partial charge in [-0.1, -0.05) is 62.3 Å². The summed E-state index contributed by atoms with van der Waals surface area (Å²) in [6.07, 6.45) is -1.25. The smallest absolute Gasteiger partial charge is 0.304 e. The number of rotatable bonds is 27. The summed E-state index contributed by atoms with van der Waals surface area (Å²) in [7, 11) is 0. The van der Waals surface area contributed by atoms with Gasteiger partial charge in [0.2, 0.25) is 0 Å². The predicted octanol–water partition coefficient (Wildman–Crippen LogP) is 7.36. The molecule has 0 radical (unpaired) electrons. The Hall–Kier alpha value is -5.55. The Morgan fingerprint density at radius 2 is 1.30 bits per heavy atom. The van der Waals surface area contributed by atoms with Crippen LogP contribution in [0.25, 0.3) is 0 Å². The van der Waals surface area contributed by atoms with Crippen LogP contribution in [-0.4, -0.2) is 107 Å². The molecule has 0 aromatic heterocycles. The van der Waals surface area contributed by atoms with E-state index in [1.54, 1.807) is 48.5 Å². The second kappa shape index (κ2) is 20.5. The van der Waals surface area contributed by atoms with Crippen molar-refractivity contribution in [3.05, 3.63) is 22.5 Å². The molecule has 0 bridgehead atoms. The van der Waals surface area contributed by atoms with Gasteiger partial charge in [0.05, 0.1) is 25.3 Å². The zero-order chi connectivity index (χ0) is 48.9. The van der Waals surface area contributed by atoms with Crippen molar-refractivity contribution >= 4 is 65.1 Å². The Kier molecular flexibility index (Phi) is 16.9. The van der Waals surface area contributed by atoms with E-state index in [2.05, 4.69) is 4.99 Å².